The normalized spacial score (nSPS) is 10.3. The molecule has 0 saturated heterocycles. The molecule has 0 aliphatic heterocycles. The number of carboxylic acid groups (broad SMARTS) is 1. The maximum Gasteiger partial charge on any atom is 0.354 e. The molecule has 0 atom stereocenters. The molecule has 0 fully saturated rings. The standard InChI is InChI=1S/C14H14N2O2/c1-10-15-12(9-13(16-10)14(17)18)8-7-11-5-3-2-4-6-11/h2-6,9H,7-8H2,1H3,(H,17,18). The summed E-state index contributed by atoms with van der Waals surface area (Å²) >= 11 is 0. The summed E-state index contributed by atoms with van der Waals surface area (Å²) in [7, 11) is 0. The van der Waals surface area contributed by atoms with Crippen molar-refractivity contribution in [2.24, 2.45) is 0 Å². The van der Waals surface area contributed by atoms with E-state index in [0.29, 0.717) is 12.2 Å². The summed E-state index contributed by atoms with van der Waals surface area (Å²) in [5.74, 6) is -0.514. The minimum absolute atomic E-state index is 0.0607. The van der Waals surface area contributed by atoms with Crippen LogP contribution in [0.3, 0.4) is 0 Å². The van der Waals surface area contributed by atoms with Crippen molar-refractivity contribution >= 4 is 5.97 Å². The van der Waals surface area contributed by atoms with Crippen molar-refractivity contribution < 1.29 is 9.90 Å². The zero-order chi connectivity index (χ0) is 13.0. The van der Waals surface area contributed by atoms with Gasteiger partial charge in [-0.1, -0.05) is 30.3 Å². The van der Waals surface area contributed by atoms with Gasteiger partial charge >= 0.3 is 5.97 Å². The molecule has 0 amide bonds. The Labute approximate surface area is 105 Å². The third kappa shape index (κ3) is 3.13. The highest BCUT2D eigenvalue weighted by Gasteiger charge is 2.08. The van der Waals surface area contributed by atoms with Crippen LogP contribution >= 0.6 is 0 Å². The van der Waals surface area contributed by atoms with E-state index in [-0.39, 0.29) is 5.69 Å². The van der Waals surface area contributed by atoms with Crippen LogP contribution in [0.25, 0.3) is 0 Å². The predicted molar refractivity (Wildman–Crippen MR) is 67.6 cm³/mol. The minimum Gasteiger partial charge on any atom is -0.477 e. The lowest BCUT2D eigenvalue weighted by molar-refractivity contribution is 0.0689. The Hall–Kier alpha value is -2.23. The van der Waals surface area contributed by atoms with Crippen molar-refractivity contribution in [1.29, 1.82) is 0 Å². The first-order valence-corrected chi connectivity index (χ1v) is 5.77. The van der Waals surface area contributed by atoms with Crippen LogP contribution in [0.1, 0.15) is 27.6 Å². The fourth-order valence-corrected chi connectivity index (χ4v) is 1.78. The Balaban J connectivity index is 2.12. The molecule has 1 heterocycles. The highest BCUT2D eigenvalue weighted by molar-refractivity contribution is 5.85. The zero-order valence-electron chi connectivity index (χ0n) is 10.1. The van der Waals surface area contributed by atoms with Crippen molar-refractivity contribution in [3.63, 3.8) is 0 Å². The predicted octanol–water partition coefficient (Wildman–Crippen LogP) is 2.27. The largest absolute Gasteiger partial charge is 0.477 e. The van der Waals surface area contributed by atoms with Crippen molar-refractivity contribution in [1.82, 2.24) is 9.97 Å². The SMILES string of the molecule is Cc1nc(CCc2ccccc2)cc(C(=O)O)n1. The third-order valence-corrected chi connectivity index (χ3v) is 2.62. The molecule has 18 heavy (non-hydrogen) atoms. The average molecular weight is 242 g/mol. The van der Waals surface area contributed by atoms with E-state index in [1.165, 1.54) is 11.6 Å². The van der Waals surface area contributed by atoms with Crippen molar-refractivity contribution in [3.8, 4) is 0 Å². The lowest BCUT2D eigenvalue weighted by Gasteiger charge is -2.04. The van der Waals surface area contributed by atoms with Crippen LogP contribution in [0.4, 0.5) is 0 Å². The molecule has 1 N–H and O–H groups in total. The number of hydrogen-bond donors (Lipinski definition) is 1. The van der Waals surface area contributed by atoms with Gasteiger partial charge in [0.05, 0.1) is 0 Å². The van der Waals surface area contributed by atoms with Crippen LogP contribution in [0, 0.1) is 6.92 Å². The second-order valence-electron chi connectivity index (χ2n) is 4.08. The summed E-state index contributed by atoms with van der Waals surface area (Å²) in [4.78, 5) is 19.0. The topological polar surface area (TPSA) is 63.1 Å². The van der Waals surface area contributed by atoms with E-state index in [1.807, 2.05) is 30.3 Å². The van der Waals surface area contributed by atoms with Crippen LogP contribution < -0.4 is 0 Å². The summed E-state index contributed by atoms with van der Waals surface area (Å²) in [6, 6.07) is 11.6. The van der Waals surface area contributed by atoms with Gasteiger partial charge in [-0.15, -0.1) is 0 Å². The van der Waals surface area contributed by atoms with Crippen LogP contribution in [-0.4, -0.2) is 21.0 Å². The molecule has 0 saturated carbocycles. The average Bonchev–Trinajstić information content (AvgIpc) is 2.37. The molecule has 0 radical (unpaired) electrons. The smallest absolute Gasteiger partial charge is 0.354 e. The number of nitrogens with zero attached hydrogens (tertiary/aromatic N) is 2. The highest BCUT2D eigenvalue weighted by Crippen LogP contribution is 2.07. The second kappa shape index (κ2) is 5.40. The first kappa shape index (κ1) is 12.2. The van der Waals surface area contributed by atoms with E-state index in [1.54, 1.807) is 6.92 Å². The first-order valence-electron chi connectivity index (χ1n) is 5.77. The number of aromatic nitrogens is 2. The van der Waals surface area contributed by atoms with E-state index in [0.717, 1.165) is 12.1 Å². The van der Waals surface area contributed by atoms with Gasteiger partial charge in [-0.2, -0.15) is 0 Å². The number of aromatic carboxylic acids is 1. The molecule has 2 aromatic rings. The maximum absolute atomic E-state index is 10.9. The summed E-state index contributed by atoms with van der Waals surface area (Å²) in [6.07, 6.45) is 1.56. The van der Waals surface area contributed by atoms with Gasteiger partial charge in [0.25, 0.3) is 0 Å². The van der Waals surface area contributed by atoms with E-state index in [2.05, 4.69) is 9.97 Å². The number of carbonyl (C=O) groups is 1. The fraction of sp³-hybridized carbons (Fsp3) is 0.214. The first-order chi connectivity index (χ1) is 8.65. The van der Waals surface area contributed by atoms with Gasteiger partial charge in [0.2, 0.25) is 0 Å². The number of hydrogen-bond acceptors (Lipinski definition) is 3. The molecular weight excluding hydrogens is 228 g/mol. The lowest BCUT2D eigenvalue weighted by Crippen LogP contribution is -2.06. The molecular formula is C14H14N2O2. The number of benzene rings is 1. The quantitative estimate of drug-likeness (QED) is 0.893. The van der Waals surface area contributed by atoms with E-state index >= 15 is 0 Å². The Kier molecular flexibility index (Phi) is 3.67. The van der Waals surface area contributed by atoms with Crippen LogP contribution in [0.2, 0.25) is 0 Å². The third-order valence-electron chi connectivity index (χ3n) is 2.62. The minimum atomic E-state index is -1.01. The van der Waals surface area contributed by atoms with Gasteiger partial charge in [0.15, 0.2) is 5.69 Å². The molecule has 0 aliphatic carbocycles. The van der Waals surface area contributed by atoms with Gasteiger partial charge < -0.3 is 5.11 Å². The lowest BCUT2D eigenvalue weighted by atomic mass is 10.1. The van der Waals surface area contributed by atoms with Crippen molar-refractivity contribution in [2.45, 2.75) is 19.8 Å². The summed E-state index contributed by atoms with van der Waals surface area (Å²) in [6.45, 7) is 1.71. The fourth-order valence-electron chi connectivity index (χ4n) is 1.78. The van der Waals surface area contributed by atoms with Crippen molar-refractivity contribution in [3.05, 3.63) is 59.2 Å². The molecule has 4 heteroatoms. The monoisotopic (exact) mass is 242 g/mol. The molecule has 2 rings (SSSR count). The molecule has 4 nitrogen and oxygen atoms in total. The van der Waals surface area contributed by atoms with Gasteiger partial charge in [-0.25, -0.2) is 14.8 Å². The summed E-state index contributed by atoms with van der Waals surface area (Å²) < 4.78 is 0. The summed E-state index contributed by atoms with van der Waals surface area (Å²) in [5.41, 5.74) is 2.04. The van der Waals surface area contributed by atoms with Crippen molar-refractivity contribution in [2.75, 3.05) is 0 Å². The second-order valence-corrected chi connectivity index (χ2v) is 4.08. The molecule has 1 aromatic heterocycles. The van der Waals surface area contributed by atoms with Gasteiger partial charge in [0, 0.05) is 5.69 Å². The molecule has 1 aromatic carbocycles. The van der Waals surface area contributed by atoms with Gasteiger partial charge in [-0.05, 0) is 31.4 Å². The van der Waals surface area contributed by atoms with Crippen LogP contribution in [-0.2, 0) is 12.8 Å². The van der Waals surface area contributed by atoms with Crippen LogP contribution in [0.15, 0.2) is 36.4 Å². The van der Waals surface area contributed by atoms with E-state index in [9.17, 15) is 4.79 Å². The Morgan fingerprint density at radius 2 is 1.89 bits per heavy atom. The highest BCUT2D eigenvalue weighted by atomic mass is 16.4. The van der Waals surface area contributed by atoms with E-state index < -0.39 is 5.97 Å². The maximum atomic E-state index is 10.9. The molecule has 0 bridgehead atoms. The van der Waals surface area contributed by atoms with E-state index in [4.69, 9.17) is 5.11 Å². The number of aryl methyl sites for hydroxylation is 3. The molecule has 0 aliphatic rings. The molecule has 92 valence electrons. The van der Waals surface area contributed by atoms with Gasteiger partial charge in [0.1, 0.15) is 5.82 Å². The zero-order valence-corrected chi connectivity index (χ0v) is 10.1. The summed E-state index contributed by atoms with van der Waals surface area (Å²) in [5, 5.41) is 8.93. The Bertz CT molecular complexity index is 553. The molecule has 0 spiro atoms. The Morgan fingerprint density at radius 3 is 2.56 bits per heavy atom. The number of carboxylic acids is 1. The molecule has 0 unspecified atom stereocenters. The Morgan fingerprint density at radius 1 is 1.17 bits per heavy atom. The number of rotatable bonds is 4. The van der Waals surface area contributed by atoms with Gasteiger partial charge in [-0.3, -0.25) is 0 Å². The van der Waals surface area contributed by atoms with Crippen LogP contribution in [0.5, 0.6) is 0 Å².